The van der Waals surface area contributed by atoms with E-state index in [1.54, 1.807) is 29.7 Å². The van der Waals surface area contributed by atoms with Crippen LogP contribution in [0, 0.1) is 6.92 Å². The normalized spacial score (nSPS) is 10.9. The van der Waals surface area contributed by atoms with Gasteiger partial charge in [-0.25, -0.2) is 4.98 Å². The van der Waals surface area contributed by atoms with E-state index in [2.05, 4.69) is 10.3 Å². The summed E-state index contributed by atoms with van der Waals surface area (Å²) in [6, 6.07) is 11.2. The van der Waals surface area contributed by atoms with Crippen molar-refractivity contribution in [3.05, 3.63) is 76.1 Å². The van der Waals surface area contributed by atoms with Gasteiger partial charge in [-0.3, -0.25) is 4.79 Å². The van der Waals surface area contributed by atoms with E-state index in [0.29, 0.717) is 13.2 Å². The number of ether oxygens (including phenoxy) is 1. The minimum atomic E-state index is -0.180. The summed E-state index contributed by atoms with van der Waals surface area (Å²) in [5.41, 5.74) is 1.81. The molecular formula is C19H18N2O3S. The molecule has 0 spiro atoms. The van der Waals surface area contributed by atoms with Crippen molar-refractivity contribution in [3.8, 4) is 5.75 Å². The zero-order valence-corrected chi connectivity index (χ0v) is 14.6. The van der Waals surface area contributed by atoms with Crippen LogP contribution in [-0.2, 0) is 17.9 Å². The van der Waals surface area contributed by atoms with Gasteiger partial charge >= 0.3 is 0 Å². The summed E-state index contributed by atoms with van der Waals surface area (Å²) in [4.78, 5) is 16.2. The maximum Gasteiger partial charge on any atom is 0.244 e. The molecule has 1 N–H and O–H groups in total. The zero-order valence-electron chi connectivity index (χ0n) is 13.8. The number of amides is 1. The first-order valence-electron chi connectivity index (χ1n) is 7.81. The third-order valence-corrected chi connectivity index (χ3v) is 4.18. The van der Waals surface area contributed by atoms with Gasteiger partial charge in [0.2, 0.25) is 5.91 Å². The van der Waals surface area contributed by atoms with E-state index >= 15 is 0 Å². The van der Waals surface area contributed by atoms with Crippen molar-refractivity contribution in [2.24, 2.45) is 0 Å². The van der Waals surface area contributed by atoms with E-state index in [1.165, 1.54) is 6.08 Å². The summed E-state index contributed by atoms with van der Waals surface area (Å²) in [5.74, 6) is 1.28. The molecule has 1 amide bonds. The van der Waals surface area contributed by atoms with Crippen molar-refractivity contribution in [2.75, 3.05) is 0 Å². The molecule has 0 aliphatic carbocycles. The zero-order chi connectivity index (χ0) is 17.5. The van der Waals surface area contributed by atoms with Gasteiger partial charge in [0.15, 0.2) is 0 Å². The lowest BCUT2D eigenvalue weighted by atomic mass is 10.2. The van der Waals surface area contributed by atoms with Crippen LogP contribution in [0.1, 0.15) is 22.0 Å². The Morgan fingerprint density at radius 2 is 2.28 bits per heavy atom. The van der Waals surface area contributed by atoms with Gasteiger partial charge in [-0.2, -0.15) is 0 Å². The van der Waals surface area contributed by atoms with Crippen molar-refractivity contribution < 1.29 is 13.9 Å². The number of nitrogens with one attached hydrogen (secondary N) is 1. The highest BCUT2D eigenvalue weighted by Gasteiger charge is 2.01. The lowest BCUT2D eigenvalue weighted by Crippen LogP contribution is -2.19. The summed E-state index contributed by atoms with van der Waals surface area (Å²) in [6.45, 7) is 2.77. The molecule has 0 atom stereocenters. The molecule has 25 heavy (non-hydrogen) atoms. The molecule has 3 aromatic rings. The predicted molar refractivity (Wildman–Crippen MR) is 97.2 cm³/mol. The number of aryl methyl sites for hydroxylation is 1. The highest BCUT2D eigenvalue weighted by molar-refractivity contribution is 7.09. The number of benzene rings is 1. The van der Waals surface area contributed by atoms with Crippen LogP contribution in [0.5, 0.6) is 5.75 Å². The molecule has 0 bridgehead atoms. The maximum atomic E-state index is 11.8. The molecule has 5 nitrogen and oxygen atoms in total. The van der Waals surface area contributed by atoms with Crippen molar-refractivity contribution in [3.63, 3.8) is 0 Å². The second-order valence-electron chi connectivity index (χ2n) is 5.35. The quantitative estimate of drug-likeness (QED) is 0.653. The summed E-state index contributed by atoms with van der Waals surface area (Å²) < 4.78 is 10.9. The minimum absolute atomic E-state index is 0.180. The molecule has 0 aliphatic rings. The fourth-order valence-electron chi connectivity index (χ4n) is 2.16. The number of furan rings is 1. The Balaban J connectivity index is 1.52. The predicted octanol–water partition coefficient (Wildman–Crippen LogP) is 3.95. The lowest BCUT2D eigenvalue weighted by Gasteiger charge is -2.05. The third-order valence-electron chi connectivity index (χ3n) is 3.36. The van der Waals surface area contributed by atoms with E-state index in [9.17, 15) is 4.79 Å². The molecule has 2 heterocycles. The highest BCUT2D eigenvalue weighted by atomic mass is 32.1. The molecule has 3 rings (SSSR count). The fraction of sp³-hybridized carbons (Fsp3) is 0.158. The molecular weight excluding hydrogens is 336 g/mol. The highest BCUT2D eigenvalue weighted by Crippen LogP contribution is 2.17. The number of nitrogens with zero attached hydrogens (tertiary/aromatic N) is 1. The van der Waals surface area contributed by atoms with Crippen molar-refractivity contribution in [1.29, 1.82) is 0 Å². The van der Waals surface area contributed by atoms with Crippen LogP contribution < -0.4 is 10.1 Å². The van der Waals surface area contributed by atoms with Gasteiger partial charge in [0.1, 0.15) is 18.1 Å². The Hall–Kier alpha value is -2.86. The van der Waals surface area contributed by atoms with E-state index in [0.717, 1.165) is 27.8 Å². The Kier molecular flexibility index (Phi) is 5.64. The number of hydrogen-bond acceptors (Lipinski definition) is 5. The van der Waals surface area contributed by atoms with E-state index in [1.807, 2.05) is 42.6 Å². The fourth-order valence-corrected chi connectivity index (χ4v) is 2.76. The molecule has 0 unspecified atom stereocenters. The van der Waals surface area contributed by atoms with Crippen LogP contribution in [0.3, 0.4) is 0 Å². The Morgan fingerprint density at radius 1 is 1.36 bits per heavy atom. The molecule has 1 aromatic carbocycles. The van der Waals surface area contributed by atoms with Crippen LogP contribution in [0.2, 0.25) is 0 Å². The number of carbonyl (C=O) groups excluding carboxylic acids is 1. The van der Waals surface area contributed by atoms with Crippen LogP contribution in [0.15, 0.2) is 58.5 Å². The number of thiazole rings is 1. The van der Waals surface area contributed by atoms with Gasteiger partial charge in [0, 0.05) is 11.5 Å². The second-order valence-corrected chi connectivity index (χ2v) is 6.41. The summed E-state index contributed by atoms with van der Waals surface area (Å²) in [5, 5.41) is 5.77. The smallest absolute Gasteiger partial charge is 0.244 e. The lowest BCUT2D eigenvalue weighted by molar-refractivity contribution is -0.116. The molecule has 0 fully saturated rings. The van der Waals surface area contributed by atoms with Crippen LogP contribution in [-0.4, -0.2) is 10.9 Å². The van der Waals surface area contributed by atoms with Crippen LogP contribution >= 0.6 is 11.3 Å². The number of hydrogen-bond donors (Lipinski definition) is 1. The molecule has 0 saturated carbocycles. The first kappa shape index (κ1) is 17.0. The van der Waals surface area contributed by atoms with Gasteiger partial charge in [-0.05, 0) is 42.8 Å². The van der Waals surface area contributed by atoms with Crippen LogP contribution in [0.25, 0.3) is 6.08 Å². The van der Waals surface area contributed by atoms with Gasteiger partial charge < -0.3 is 14.5 Å². The second kappa shape index (κ2) is 8.30. The third kappa shape index (κ3) is 5.32. The first-order valence-corrected chi connectivity index (χ1v) is 8.69. The molecule has 0 aliphatic heterocycles. The van der Waals surface area contributed by atoms with Crippen molar-refractivity contribution >= 4 is 23.3 Å². The average Bonchev–Trinajstić information content (AvgIpc) is 3.28. The Morgan fingerprint density at radius 3 is 3.04 bits per heavy atom. The topological polar surface area (TPSA) is 64.4 Å². The van der Waals surface area contributed by atoms with E-state index in [-0.39, 0.29) is 5.91 Å². The minimum Gasteiger partial charge on any atom is -0.487 e. The summed E-state index contributed by atoms with van der Waals surface area (Å²) in [6.07, 6.45) is 4.82. The molecule has 2 aromatic heterocycles. The monoisotopic (exact) mass is 354 g/mol. The maximum absolute atomic E-state index is 11.8. The summed E-state index contributed by atoms with van der Waals surface area (Å²) >= 11 is 1.60. The number of aromatic nitrogens is 1. The average molecular weight is 354 g/mol. The largest absolute Gasteiger partial charge is 0.487 e. The Labute approximate surface area is 150 Å². The summed E-state index contributed by atoms with van der Waals surface area (Å²) in [7, 11) is 0. The SMILES string of the molecule is Cc1nc(COc2cccc(/C=C/C(=O)NCc3ccco3)c2)cs1. The van der Waals surface area contributed by atoms with E-state index < -0.39 is 0 Å². The van der Waals surface area contributed by atoms with Crippen molar-refractivity contribution in [1.82, 2.24) is 10.3 Å². The van der Waals surface area contributed by atoms with Gasteiger partial charge in [0.05, 0.1) is 23.5 Å². The molecule has 128 valence electrons. The molecule has 0 radical (unpaired) electrons. The van der Waals surface area contributed by atoms with E-state index in [4.69, 9.17) is 9.15 Å². The van der Waals surface area contributed by atoms with Crippen molar-refractivity contribution in [2.45, 2.75) is 20.1 Å². The van der Waals surface area contributed by atoms with Gasteiger partial charge in [0.25, 0.3) is 0 Å². The molecule has 6 heteroatoms. The van der Waals surface area contributed by atoms with Crippen LogP contribution in [0.4, 0.5) is 0 Å². The number of rotatable bonds is 7. The van der Waals surface area contributed by atoms with Gasteiger partial charge in [-0.15, -0.1) is 11.3 Å². The first-order chi connectivity index (χ1) is 12.2. The van der Waals surface area contributed by atoms with Gasteiger partial charge in [-0.1, -0.05) is 12.1 Å². The number of carbonyl (C=O) groups is 1. The standard InChI is InChI=1S/C19H18N2O3S/c1-14-21-16(13-25-14)12-24-17-5-2-4-15(10-17)7-8-19(22)20-11-18-6-3-9-23-18/h2-10,13H,11-12H2,1H3,(H,20,22)/b8-7+. The Bertz CT molecular complexity index is 853. The molecule has 0 saturated heterocycles.